The number of nitrogens with zero attached hydrogens (tertiary/aromatic N) is 6. The third kappa shape index (κ3) is 2.95. The smallest absolute Gasteiger partial charge is 0.151 e. The monoisotopic (exact) mass is 298 g/mol. The molecule has 0 aliphatic carbocycles. The largest absolute Gasteiger partial charge is 0.361 e. The Bertz CT molecular complexity index is 617. The van der Waals surface area contributed by atoms with Crippen LogP contribution < -0.4 is 14.7 Å². The summed E-state index contributed by atoms with van der Waals surface area (Å²) in [6.45, 7) is 5.89. The number of aryl methyl sites for hydroxylation is 1. The minimum Gasteiger partial charge on any atom is -0.361 e. The maximum absolute atomic E-state index is 4.50. The highest BCUT2D eigenvalue weighted by Crippen LogP contribution is 2.20. The fourth-order valence-corrected chi connectivity index (χ4v) is 2.68. The van der Waals surface area contributed by atoms with E-state index in [2.05, 4.69) is 38.0 Å². The highest BCUT2D eigenvalue weighted by Gasteiger charge is 2.20. The lowest BCUT2D eigenvalue weighted by Gasteiger charge is -2.36. The average molecular weight is 298 g/mol. The second kappa shape index (κ2) is 6.17. The van der Waals surface area contributed by atoms with E-state index in [-0.39, 0.29) is 0 Å². The van der Waals surface area contributed by atoms with Crippen LogP contribution in [0.1, 0.15) is 5.56 Å². The van der Waals surface area contributed by atoms with Gasteiger partial charge in [-0.05, 0) is 30.7 Å². The summed E-state index contributed by atoms with van der Waals surface area (Å²) in [5.41, 5.74) is 1.23. The first-order valence-electron chi connectivity index (χ1n) is 7.58. The molecule has 0 unspecified atom stereocenters. The Labute approximate surface area is 131 Å². The van der Waals surface area contributed by atoms with Gasteiger partial charge in [0, 0.05) is 46.5 Å². The number of aromatic nitrogens is 3. The Hall–Kier alpha value is -2.37. The summed E-state index contributed by atoms with van der Waals surface area (Å²) in [6, 6.07) is 8.15. The van der Waals surface area contributed by atoms with Crippen LogP contribution in [0.4, 0.5) is 17.5 Å². The van der Waals surface area contributed by atoms with Crippen LogP contribution in [0.3, 0.4) is 0 Å². The predicted octanol–water partition coefficient (Wildman–Crippen LogP) is 1.57. The highest BCUT2D eigenvalue weighted by molar-refractivity contribution is 5.49. The molecule has 22 heavy (non-hydrogen) atoms. The van der Waals surface area contributed by atoms with Crippen LogP contribution >= 0.6 is 0 Å². The summed E-state index contributed by atoms with van der Waals surface area (Å²) in [6.07, 6.45) is 1.86. The van der Waals surface area contributed by atoms with Gasteiger partial charge in [0.15, 0.2) is 11.6 Å². The number of pyridine rings is 1. The van der Waals surface area contributed by atoms with Crippen LogP contribution in [0.15, 0.2) is 30.5 Å². The Morgan fingerprint density at radius 1 is 0.955 bits per heavy atom. The van der Waals surface area contributed by atoms with Crippen LogP contribution in [-0.4, -0.2) is 55.5 Å². The van der Waals surface area contributed by atoms with Crippen LogP contribution in [-0.2, 0) is 0 Å². The summed E-state index contributed by atoms with van der Waals surface area (Å²) >= 11 is 0. The van der Waals surface area contributed by atoms with E-state index in [4.69, 9.17) is 0 Å². The molecule has 1 aliphatic heterocycles. The Morgan fingerprint density at radius 2 is 1.68 bits per heavy atom. The molecule has 116 valence electrons. The lowest BCUT2D eigenvalue weighted by atomic mass is 10.2. The number of piperazine rings is 1. The summed E-state index contributed by atoms with van der Waals surface area (Å²) in [4.78, 5) is 11.1. The minimum absolute atomic E-state index is 0.881. The van der Waals surface area contributed by atoms with E-state index >= 15 is 0 Å². The van der Waals surface area contributed by atoms with Crippen molar-refractivity contribution >= 4 is 17.5 Å². The molecule has 0 aromatic carbocycles. The van der Waals surface area contributed by atoms with Crippen molar-refractivity contribution in [2.45, 2.75) is 6.92 Å². The zero-order valence-electron chi connectivity index (χ0n) is 13.4. The molecule has 0 radical (unpaired) electrons. The molecule has 0 saturated carbocycles. The van der Waals surface area contributed by atoms with Crippen molar-refractivity contribution in [1.29, 1.82) is 0 Å². The molecular formula is C16H22N6. The van der Waals surface area contributed by atoms with Crippen molar-refractivity contribution in [3.05, 3.63) is 36.0 Å². The number of anilines is 3. The lowest BCUT2D eigenvalue weighted by molar-refractivity contribution is 0.636. The zero-order valence-corrected chi connectivity index (χ0v) is 13.4. The van der Waals surface area contributed by atoms with Gasteiger partial charge in [-0.1, -0.05) is 6.07 Å². The molecule has 6 nitrogen and oxygen atoms in total. The van der Waals surface area contributed by atoms with E-state index in [1.165, 1.54) is 5.56 Å². The van der Waals surface area contributed by atoms with Gasteiger partial charge in [0.05, 0.1) is 0 Å². The SMILES string of the molecule is Cc1cccnc1N1CCN(c2ccc(N(C)C)nn2)CC1. The molecule has 0 amide bonds. The number of hydrogen-bond acceptors (Lipinski definition) is 6. The molecule has 1 fully saturated rings. The van der Waals surface area contributed by atoms with Crippen molar-refractivity contribution in [1.82, 2.24) is 15.2 Å². The quantitative estimate of drug-likeness (QED) is 0.857. The summed E-state index contributed by atoms with van der Waals surface area (Å²) in [7, 11) is 3.94. The van der Waals surface area contributed by atoms with E-state index < -0.39 is 0 Å². The van der Waals surface area contributed by atoms with Crippen LogP contribution in [0, 0.1) is 6.92 Å². The van der Waals surface area contributed by atoms with Crippen LogP contribution in [0.5, 0.6) is 0 Å². The second-order valence-electron chi connectivity index (χ2n) is 5.76. The van der Waals surface area contributed by atoms with Crippen molar-refractivity contribution in [2.75, 3.05) is 55.0 Å². The van der Waals surface area contributed by atoms with Crippen molar-refractivity contribution in [3.8, 4) is 0 Å². The lowest BCUT2D eigenvalue weighted by Crippen LogP contribution is -2.47. The molecule has 3 heterocycles. The van der Waals surface area contributed by atoms with Crippen LogP contribution in [0.2, 0.25) is 0 Å². The third-order valence-corrected chi connectivity index (χ3v) is 3.98. The average Bonchev–Trinajstić information content (AvgIpc) is 2.56. The van der Waals surface area contributed by atoms with Crippen molar-refractivity contribution in [3.63, 3.8) is 0 Å². The zero-order chi connectivity index (χ0) is 15.5. The summed E-state index contributed by atoms with van der Waals surface area (Å²) in [5, 5.41) is 8.59. The molecule has 6 heteroatoms. The van der Waals surface area contributed by atoms with E-state index in [0.29, 0.717) is 0 Å². The van der Waals surface area contributed by atoms with Gasteiger partial charge in [0.2, 0.25) is 0 Å². The summed E-state index contributed by atoms with van der Waals surface area (Å²) in [5.74, 6) is 2.92. The predicted molar refractivity (Wildman–Crippen MR) is 89.8 cm³/mol. The van der Waals surface area contributed by atoms with E-state index in [9.17, 15) is 0 Å². The molecule has 0 bridgehead atoms. The van der Waals surface area contributed by atoms with E-state index in [1.54, 1.807) is 0 Å². The molecular weight excluding hydrogens is 276 g/mol. The molecule has 0 N–H and O–H groups in total. The molecule has 0 spiro atoms. The number of hydrogen-bond donors (Lipinski definition) is 0. The number of rotatable bonds is 3. The van der Waals surface area contributed by atoms with Gasteiger partial charge >= 0.3 is 0 Å². The maximum atomic E-state index is 4.50. The molecule has 3 rings (SSSR count). The van der Waals surface area contributed by atoms with E-state index in [1.807, 2.05) is 43.4 Å². The standard InChI is InChI=1S/C16H22N6/c1-13-5-4-8-17-16(13)22-11-9-21(10-12-22)15-7-6-14(18-19-15)20(2)3/h4-8H,9-12H2,1-3H3. The van der Waals surface area contributed by atoms with Gasteiger partial charge in [-0.2, -0.15) is 0 Å². The normalized spacial score (nSPS) is 15.0. The first-order chi connectivity index (χ1) is 10.6. The van der Waals surface area contributed by atoms with Gasteiger partial charge in [-0.15, -0.1) is 10.2 Å². The molecule has 0 atom stereocenters. The Kier molecular flexibility index (Phi) is 4.09. The third-order valence-electron chi connectivity index (χ3n) is 3.98. The van der Waals surface area contributed by atoms with Gasteiger partial charge in [-0.3, -0.25) is 0 Å². The second-order valence-corrected chi connectivity index (χ2v) is 5.76. The van der Waals surface area contributed by atoms with Crippen molar-refractivity contribution in [2.24, 2.45) is 0 Å². The fraction of sp³-hybridized carbons (Fsp3) is 0.438. The van der Waals surface area contributed by atoms with Crippen molar-refractivity contribution < 1.29 is 0 Å². The van der Waals surface area contributed by atoms with Crippen LogP contribution in [0.25, 0.3) is 0 Å². The fourth-order valence-electron chi connectivity index (χ4n) is 2.68. The van der Waals surface area contributed by atoms with Gasteiger partial charge < -0.3 is 14.7 Å². The Balaban J connectivity index is 1.65. The maximum Gasteiger partial charge on any atom is 0.151 e. The highest BCUT2D eigenvalue weighted by atomic mass is 15.3. The van der Waals surface area contributed by atoms with Gasteiger partial charge in [0.1, 0.15) is 5.82 Å². The van der Waals surface area contributed by atoms with Gasteiger partial charge in [-0.25, -0.2) is 4.98 Å². The molecule has 1 saturated heterocycles. The topological polar surface area (TPSA) is 48.4 Å². The molecule has 2 aromatic rings. The molecule has 2 aromatic heterocycles. The summed E-state index contributed by atoms with van der Waals surface area (Å²) < 4.78 is 0. The Morgan fingerprint density at radius 3 is 2.27 bits per heavy atom. The van der Waals surface area contributed by atoms with Gasteiger partial charge in [0.25, 0.3) is 0 Å². The first kappa shape index (κ1) is 14.6. The minimum atomic E-state index is 0.881. The van der Waals surface area contributed by atoms with E-state index in [0.717, 1.165) is 43.6 Å². The first-order valence-corrected chi connectivity index (χ1v) is 7.58. The molecule has 1 aliphatic rings.